The second kappa shape index (κ2) is 28.0. The second-order valence-corrected chi connectivity index (χ2v) is 40.7. The van der Waals surface area contributed by atoms with E-state index in [0.717, 1.165) is 156 Å². The van der Waals surface area contributed by atoms with Crippen LogP contribution in [-0.4, -0.2) is 15.8 Å². The Kier molecular flexibility index (Phi) is 17.0. The van der Waals surface area contributed by atoms with Crippen molar-refractivity contribution >= 4 is 101 Å². The average Bonchev–Trinajstić information content (AvgIpc) is 0.815. The summed E-state index contributed by atoms with van der Waals surface area (Å²) in [5.41, 5.74) is 30.5. The Hall–Kier alpha value is -12.2. The van der Waals surface area contributed by atoms with E-state index in [1.54, 1.807) is 0 Å². The Morgan fingerprint density at radius 2 is 0.681 bits per heavy atom. The highest BCUT2D eigenvalue weighted by atomic mass is 15.2. The molecule has 0 aliphatic carbocycles. The van der Waals surface area contributed by atoms with E-state index in [-0.39, 0.29) is 50.1 Å². The minimum Gasteiger partial charge on any atom is -0.310 e. The predicted molar refractivity (Wildman–Crippen MR) is 512 cm³/mol. The molecule has 2 aliphatic rings. The summed E-state index contributed by atoms with van der Waals surface area (Å²) in [4.78, 5) is 5.05. The molecule has 18 rings (SSSR count). The predicted octanol–water partition coefficient (Wildman–Crippen LogP) is 29.3. The standard InChI is InChI=1S/C113H110BN5/c1-107(2,3)79-46-51-98-92(62-79)93-63-80(108(4,5)6)47-52-99(93)117(98)87-67-103-105-104(68-87)119(106-90(71-35-26-23-27-36-71)64-85(113(19,20)21)65-91(106)75-38-32-37-72(53-75)70-33-24-22-25-34-70)102-59-74(78-56-83(111(13,14)15)61-84(57-78)112(16,17)18)45-50-95(102)114(105)94-49-44-73(77-54-81(109(7,8)9)60-82(55-77)110(10,11)12)58-101(94)118(103)100-66-86(48-43-76(100)69-115)116-96-41-30-28-39-88(96)89-40-29-31-42-97(89)116/h22-68H,1-21H3/i22D,24D,25D,33D,34D. The van der Waals surface area contributed by atoms with Gasteiger partial charge in [-0.25, -0.2) is 0 Å². The lowest BCUT2D eigenvalue weighted by Gasteiger charge is -2.46. The third-order valence-electron chi connectivity index (χ3n) is 25.2. The lowest BCUT2D eigenvalue weighted by atomic mass is 9.33. The van der Waals surface area contributed by atoms with E-state index < -0.39 is 30.3 Å². The second-order valence-electron chi connectivity index (χ2n) is 40.7. The average molecular weight is 1550 g/mol. The highest BCUT2D eigenvalue weighted by molar-refractivity contribution is 7.00. The number of hydrogen-bond donors (Lipinski definition) is 0. The van der Waals surface area contributed by atoms with Gasteiger partial charge in [0, 0.05) is 61.1 Å². The number of nitriles is 1. The summed E-state index contributed by atoms with van der Waals surface area (Å²) in [7, 11) is 0. The number of benzene rings is 14. The fraction of sp³-hybridized carbons (Fsp3) is 0.248. The van der Waals surface area contributed by atoms with Gasteiger partial charge in [0.25, 0.3) is 6.71 Å². The van der Waals surface area contributed by atoms with Gasteiger partial charge >= 0.3 is 0 Å². The Morgan fingerprint density at radius 1 is 0.277 bits per heavy atom. The van der Waals surface area contributed by atoms with E-state index in [0.29, 0.717) is 11.1 Å². The van der Waals surface area contributed by atoms with Gasteiger partial charge in [0.2, 0.25) is 0 Å². The molecule has 0 radical (unpaired) electrons. The van der Waals surface area contributed by atoms with Crippen molar-refractivity contribution in [3.8, 4) is 73.1 Å². The van der Waals surface area contributed by atoms with E-state index in [1.807, 2.05) is 24.3 Å². The fourth-order valence-electron chi connectivity index (χ4n) is 18.3. The number of hydrogen-bond acceptors (Lipinski definition) is 3. The van der Waals surface area contributed by atoms with Crippen LogP contribution in [0.3, 0.4) is 0 Å². The van der Waals surface area contributed by atoms with Crippen molar-refractivity contribution in [2.24, 2.45) is 0 Å². The van der Waals surface area contributed by atoms with Gasteiger partial charge in [-0.3, -0.25) is 0 Å². The minimum atomic E-state index is -0.450. The quantitative estimate of drug-likeness (QED) is 0.135. The van der Waals surface area contributed by atoms with E-state index in [1.165, 1.54) is 33.4 Å². The molecule has 2 aromatic heterocycles. The third kappa shape index (κ3) is 13.7. The van der Waals surface area contributed by atoms with Crippen molar-refractivity contribution in [3.05, 3.63) is 330 Å². The van der Waals surface area contributed by atoms with Crippen LogP contribution in [-0.2, 0) is 37.9 Å². The van der Waals surface area contributed by atoms with Crippen LogP contribution >= 0.6 is 0 Å². The van der Waals surface area contributed by atoms with E-state index in [4.69, 9.17) is 4.11 Å². The molecule has 119 heavy (non-hydrogen) atoms. The van der Waals surface area contributed by atoms with Crippen molar-refractivity contribution < 1.29 is 6.85 Å². The lowest BCUT2D eigenvalue weighted by molar-refractivity contribution is 0.568. The first-order valence-corrected chi connectivity index (χ1v) is 42.4. The van der Waals surface area contributed by atoms with Gasteiger partial charge in [0.1, 0.15) is 6.07 Å². The summed E-state index contributed by atoms with van der Waals surface area (Å²) < 4.78 is 51.0. The van der Waals surface area contributed by atoms with Crippen LogP contribution < -0.4 is 26.2 Å². The topological polar surface area (TPSA) is 40.1 Å². The summed E-state index contributed by atoms with van der Waals surface area (Å²) in [5, 5.41) is 16.9. The van der Waals surface area contributed by atoms with Gasteiger partial charge in [0.15, 0.2) is 0 Å². The summed E-state index contributed by atoms with van der Waals surface area (Å²) in [5.74, 6) is 0. The Bertz CT molecular complexity index is 6960. The highest BCUT2D eigenvalue weighted by Gasteiger charge is 2.46. The number of para-hydroxylation sites is 2. The molecule has 6 heteroatoms. The normalized spacial score (nSPS) is 13.9. The van der Waals surface area contributed by atoms with Crippen molar-refractivity contribution in [2.75, 3.05) is 9.80 Å². The van der Waals surface area contributed by atoms with Crippen LogP contribution in [0.4, 0.5) is 34.1 Å². The van der Waals surface area contributed by atoms with Gasteiger partial charge in [-0.2, -0.15) is 5.26 Å². The molecule has 14 aromatic carbocycles. The summed E-state index contributed by atoms with van der Waals surface area (Å²) >= 11 is 0. The molecule has 0 fully saturated rings. The van der Waals surface area contributed by atoms with Crippen molar-refractivity contribution in [1.82, 2.24) is 9.13 Å². The summed E-state index contributed by atoms with van der Waals surface area (Å²) in [6.45, 7) is 47.9. The van der Waals surface area contributed by atoms with Crippen molar-refractivity contribution in [3.63, 3.8) is 0 Å². The monoisotopic (exact) mass is 1550 g/mol. The first kappa shape index (κ1) is 72.1. The maximum absolute atomic E-state index is 12.4. The molecular formula is C113H110BN5. The SMILES string of the molecule is [2H]c1c([2H])c([2H])c(-c2cccc(-c3cc(C(C)(C)C)cc(-c4ccccc4)c3N3c4cc(-c5cc(C(C)(C)C)cc(C(C)(C)C)c5)ccc4B4c5ccc(-c6cc(C(C)(C)C)cc(C(C)(C)C)c6)cc5N(c5cc(-n6c7ccccc7c7ccccc76)ccc5C#N)c5cc(-n6c7ccc(C(C)(C)C)cc7c7cc(C(C)(C)C)ccc76)cc3c54)c2)c([2H])c1[2H]. The van der Waals surface area contributed by atoms with Crippen LogP contribution in [0.25, 0.3) is 111 Å². The van der Waals surface area contributed by atoms with Gasteiger partial charge in [-0.1, -0.05) is 333 Å². The molecule has 0 spiro atoms. The Labute approximate surface area is 713 Å². The molecule has 0 saturated carbocycles. The zero-order valence-electron chi connectivity index (χ0n) is 78.1. The van der Waals surface area contributed by atoms with E-state index >= 15 is 0 Å². The van der Waals surface area contributed by atoms with Crippen molar-refractivity contribution in [1.29, 1.82) is 5.26 Å². The number of anilines is 6. The highest BCUT2D eigenvalue weighted by Crippen LogP contribution is 2.55. The molecule has 0 atom stereocenters. The molecule has 590 valence electrons. The smallest absolute Gasteiger partial charge is 0.252 e. The number of fused-ring (bicyclic) bond motifs is 10. The van der Waals surface area contributed by atoms with Crippen LogP contribution in [0.1, 0.15) is 197 Å². The Morgan fingerprint density at radius 3 is 1.17 bits per heavy atom. The molecule has 0 bridgehead atoms. The Balaban J connectivity index is 1.06. The largest absolute Gasteiger partial charge is 0.310 e. The molecule has 4 heterocycles. The first-order chi connectivity index (χ1) is 58.4. The van der Waals surface area contributed by atoms with Crippen molar-refractivity contribution in [2.45, 2.75) is 183 Å². The zero-order chi connectivity index (χ0) is 88.0. The van der Waals surface area contributed by atoms with Crippen LogP contribution in [0.5, 0.6) is 0 Å². The van der Waals surface area contributed by atoms with E-state index in [2.05, 4.69) is 401 Å². The van der Waals surface area contributed by atoms with Gasteiger partial charge in [0.05, 0.1) is 51.5 Å². The minimum absolute atomic E-state index is 0.127. The molecule has 16 aromatic rings. The number of aromatic nitrogens is 2. The van der Waals surface area contributed by atoms with E-state index in [9.17, 15) is 8.00 Å². The number of rotatable bonds is 9. The molecule has 0 unspecified atom stereocenters. The molecule has 0 N–H and O–H groups in total. The van der Waals surface area contributed by atoms with Crippen LogP contribution in [0.15, 0.2) is 285 Å². The van der Waals surface area contributed by atoms with Gasteiger partial charge < -0.3 is 18.9 Å². The van der Waals surface area contributed by atoms with Crippen LogP contribution in [0, 0.1) is 11.3 Å². The molecule has 5 nitrogen and oxygen atoms in total. The van der Waals surface area contributed by atoms with Gasteiger partial charge in [-0.15, -0.1) is 0 Å². The number of nitrogens with zero attached hydrogens (tertiary/aromatic N) is 5. The maximum Gasteiger partial charge on any atom is 0.252 e. The molecular weight excluding hydrogens is 1440 g/mol. The first-order valence-electron chi connectivity index (χ1n) is 44.9. The zero-order valence-corrected chi connectivity index (χ0v) is 73.1. The summed E-state index contributed by atoms with van der Waals surface area (Å²) in [6.07, 6.45) is 0. The van der Waals surface area contributed by atoms with Crippen LogP contribution in [0.2, 0.25) is 0 Å². The lowest BCUT2D eigenvalue weighted by Crippen LogP contribution is -2.61. The maximum atomic E-state index is 12.4. The van der Waals surface area contributed by atoms with Gasteiger partial charge in [-0.05, 0) is 235 Å². The fourth-order valence-corrected chi connectivity index (χ4v) is 18.3. The molecule has 0 amide bonds. The summed E-state index contributed by atoms with van der Waals surface area (Å²) in [6, 6.07) is 96.3. The third-order valence-corrected chi connectivity index (χ3v) is 25.2. The molecule has 0 saturated heterocycles. The molecule has 2 aliphatic heterocycles.